The van der Waals surface area contributed by atoms with Crippen LogP contribution in [0.1, 0.15) is 36.4 Å². The highest BCUT2D eigenvalue weighted by atomic mass is 32.2. The molecule has 9 heteroatoms. The molecular formula is C17H19N5O3S. The van der Waals surface area contributed by atoms with Gasteiger partial charge in [0, 0.05) is 6.07 Å². The van der Waals surface area contributed by atoms with E-state index in [9.17, 15) is 4.79 Å². The topological polar surface area (TPSA) is 110 Å². The second-order valence-corrected chi connectivity index (χ2v) is 6.78. The molecule has 0 aliphatic rings. The van der Waals surface area contributed by atoms with Crippen LogP contribution in [0.15, 0.2) is 32.3 Å². The molecule has 3 aromatic heterocycles. The van der Waals surface area contributed by atoms with Gasteiger partial charge in [-0.25, -0.2) is 4.98 Å². The molecule has 0 spiro atoms. The number of H-pyrrole nitrogens is 1. The summed E-state index contributed by atoms with van der Waals surface area (Å²) in [5.74, 6) is 3.04. The largest absolute Gasteiger partial charge is 0.462 e. The molecule has 136 valence electrons. The van der Waals surface area contributed by atoms with Crippen LogP contribution in [-0.4, -0.2) is 31.5 Å². The Balaban J connectivity index is 1.60. The number of anilines is 1. The van der Waals surface area contributed by atoms with E-state index < -0.39 is 0 Å². The Morgan fingerprint density at radius 2 is 2.19 bits per heavy atom. The van der Waals surface area contributed by atoms with Crippen LogP contribution in [0, 0.1) is 13.8 Å². The average molecular weight is 373 g/mol. The molecule has 26 heavy (non-hydrogen) atoms. The first-order chi connectivity index (χ1) is 12.5. The Kier molecular flexibility index (Phi) is 5.57. The number of amides is 1. The molecule has 0 radical (unpaired) electrons. The second kappa shape index (κ2) is 8.05. The number of nitrogens with one attached hydrogen (secondary N) is 2. The van der Waals surface area contributed by atoms with Crippen molar-refractivity contribution in [2.24, 2.45) is 0 Å². The van der Waals surface area contributed by atoms with Crippen molar-refractivity contribution in [1.82, 2.24) is 20.3 Å². The summed E-state index contributed by atoms with van der Waals surface area (Å²) >= 11 is 1.29. The number of furan rings is 1. The highest BCUT2D eigenvalue weighted by Gasteiger charge is 2.21. The maximum atomic E-state index is 12.4. The summed E-state index contributed by atoms with van der Waals surface area (Å²) < 4.78 is 10.4. The molecule has 0 aliphatic carbocycles. The number of aryl methyl sites for hydroxylation is 2. The van der Waals surface area contributed by atoms with E-state index in [1.54, 1.807) is 25.1 Å². The molecule has 0 saturated heterocycles. The van der Waals surface area contributed by atoms with Gasteiger partial charge < -0.3 is 14.3 Å². The predicted molar refractivity (Wildman–Crippen MR) is 98.6 cm³/mol. The average Bonchev–Trinajstić information content (AvgIpc) is 3.33. The summed E-state index contributed by atoms with van der Waals surface area (Å²) in [4.78, 5) is 16.7. The summed E-state index contributed by atoms with van der Waals surface area (Å²) in [6.07, 6.45) is 4.20. The first-order valence-electron chi connectivity index (χ1n) is 8.11. The van der Waals surface area contributed by atoms with E-state index in [2.05, 4.69) is 25.7 Å². The first kappa shape index (κ1) is 18.0. The molecule has 3 aromatic rings. The molecule has 0 aliphatic heterocycles. The number of carbonyl (C=O) groups excluding carboxylic acids is 1. The fourth-order valence-corrected chi connectivity index (χ4v) is 3.01. The van der Waals surface area contributed by atoms with Gasteiger partial charge in [-0.3, -0.25) is 9.89 Å². The third kappa shape index (κ3) is 4.63. The summed E-state index contributed by atoms with van der Waals surface area (Å²) in [6.45, 7) is 5.58. The van der Waals surface area contributed by atoms with Crippen molar-refractivity contribution in [3.05, 3.63) is 41.3 Å². The predicted octanol–water partition coefficient (Wildman–Crippen LogP) is 3.68. The van der Waals surface area contributed by atoms with Gasteiger partial charge in [-0.05, 0) is 44.6 Å². The Morgan fingerprint density at radius 1 is 1.35 bits per heavy atom. The first-order valence-corrected chi connectivity index (χ1v) is 8.99. The molecule has 0 saturated carbocycles. The van der Waals surface area contributed by atoms with Gasteiger partial charge in [0.05, 0.1) is 5.25 Å². The Bertz CT molecular complexity index is 911. The van der Waals surface area contributed by atoms with E-state index >= 15 is 0 Å². The number of rotatable bonds is 7. The summed E-state index contributed by atoms with van der Waals surface area (Å²) in [5, 5.41) is 13.6. The fourth-order valence-electron chi connectivity index (χ4n) is 2.17. The quantitative estimate of drug-likeness (QED) is 0.608. The van der Waals surface area contributed by atoms with E-state index in [0.717, 1.165) is 11.5 Å². The Labute approximate surface area is 154 Å². The third-order valence-electron chi connectivity index (χ3n) is 3.44. The second-order valence-electron chi connectivity index (χ2n) is 5.61. The van der Waals surface area contributed by atoms with Gasteiger partial charge in [-0.1, -0.05) is 23.8 Å². The van der Waals surface area contributed by atoms with Crippen LogP contribution in [0.4, 0.5) is 5.82 Å². The number of hydrogen-bond donors (Lipinski definition) is 2. The highest BCUT2D eigenvalue weighted by molar-refractivity contribution is 8.00. The van der Waals surface area contributed by atoms with Crippen molar-refractivity contribution in [1.29, 1.82) is 0 Å². The fraction of sp³-hybridized carbons (Fsp3) is 0.294. The maximum Gasteiger partial charge on any atom is 0.239 e. The van der Waals surface area contributed by atoms with Crippen molar-refractivity contribution in [3.63, 3.8) is 0 Å². The van der Waals surface area contributed by atoms with Gasteiger partial charge in [-0.2, -0.15) is 0 Å². The van der Waals surface area contributed by atoms with Gasteiger partial charge >= 0.3 is 0 Å². The Morgan fingerprint density at radius 3 is 2.85 bits per heavy atom. The molecule has 1 atom stereocenters. The lowest BCUT2D eigenvalue weighted by molar-refractivity contribution is -0.115. The monoisotopic (exact) mass is 373 g/mol. The van der Waals surface area contributed by atoms with Gasteiger partial charge in [0.25, 0.3) is 0 Å². The van der Waals surface area contributed by atoms with Crippen LogP contribution in [0.2, 0.25) is 0 Å². The molecular weight excluding hydrogens is 354 g/mol. The van der Waals surface area contributed by atoms with Gasteiger partial charge in [-0.15, -0.1) is 5.10 Å². The van der Waals surface area contributed by atoms with Crippen LogP contribution in [-0.2, 0) is 4.79 Å². The molecule has 1 unspecified atom stereocenters. The van der Waals surface area contributed by atoms with Gasteiger partial charge in [0.15, 0.2) is 5.82 Å². The lowest BCUT2D eigenvalue weighted by atomic mass is 10.3. The standard InChI is InChI=1S/C17H19N5O3S/c1-4-13(16(23)18-15-9-11(3)25-22-15)26-17-19-14(20-21-17)8-7-12-6-5-10(2)24-12/h5-9,13H,4H2,1-3H3,(H,18,22,23)(H,19,20,21)/b8-7+. The zero-order valence-corrected chi connectivity index (χ0v) is 15.5. The van der Waals surface area contributed by atoms with Crippen LogP contribution in [0.3, 0.4) is 0 Å². The Hall–Kier alpha value is -2.81. The van der Waals surface area contributed by atoms with Crippen molar-refractivity contribution in [2.45, 2.75) is 37.6 Å². The molecule has 8 nitrogen and oxygen atoms in total. The zero-order chi connectivity index (χ0) is 18.5. The smallest absolute Gasteiger partial charge is 0.239 e. The van der Waals surface area contributed by atoms with E-state index in [0.29, 0.717) is 29.0 Å². The van der Waals surface area contributed by atoms with Crippen LogP contribution < -0.4 is 5.32 Å². The van der Waals surface area contributed by atoms with Crippen LogP contribution in [0.5, 0.6) is 0 Å². The highest BCUT2D eigenvalue weighted by Crippen LogP contribution is 2.24. The minimum Gasteiger partial charge on any atom is -0.462 e. The maximum absolute atomic E-state index is 12.4. The number of hydrogen-bond acceptors (Lipinski definition) is 7. The SMILES string of the molecule is CCC(Sc1n[nH]c(/C=C/c2ccc(C)o2)n1)C(=O)Nc1cc(C)on1. The van der Waals surface area contributed by atoms with Gasteiger partial charge in [0.2, 0.25) is 11.1 Å². The summed E-state index contributed by atoms with van der Waals surface area (Å²) in [7, 11) is 0. The number of carbonyl (C=O) groups is 1. The van der Waals surface area contributed by atoms with Crippen molar-refractivity contribution >= 4 is 35.6 Å². The zero-order valence-electron chi connectivity index (χ0n) is 14.6. The van der Waals surface area contributed by atoms with Crippen LogP contribution >= 0.6 is 11.8 Å². The number of nitrogens with zero attached hydrogens (tertiary/aromatic N) is 3. The molecule has 2 N–H and O–H groups in total. The normalized spacial score (nSPS) is 12.6. The third-order valence-corrected chi connectivity index (χ3v) is 4.66. The molecule has 0 bridgehead atoms. The summed E-state index contributed by atoms with van der Waals surface area (Å²) in [5.41, 5.74) is 0. The summed E-state index contributed by atoms with van der Waals surface area (Å²) in [6, 6.07) is 5.43. The molecule has 1 amide bonds. The minimum atomic E-state index is -0.340. The number of aromatic nitrogens is 4. The minimum absolute atomic E-state index is 0.168. The molecule has 3 rings (SSSR count). The number of aromatic amines is 1. The molecule has 0 fully saturated rings. The van der Waals surface area contributed by atoms with Gasteiger partial charge in [0.1, 0.15) is 23.1 Å². The van der Waals surface area contributed by atoms with E-state index in [1.165, 1.54) is 11.8 Å². The molecule has 0 aromatic carbocycles. The lowest BCUT2D eigenvalue weighted by Crippen LogP contribution is -2.24. The number of thioether (sulfide) groups is 1. The van der Waals surface area contributed by atoms with E-state index in [4.69, 9.17) is 8.94 Å². The lowest BCUT2D eigenvalue weighted by Gasteiger charge is -2.10. The van der Waals surface area contributed by atoms with E-state index in [1.807, 2.05) is 26.0 Å². The van der Waals surface area contributed by atoms with E-state index in [-0.39, 0.29) is 11.2 Å². The van der Waals surface area contributed by atoms with Crippen LogP contribution in [0.25, 0.3) is 12.2 Å². The van der Waals surface area contributed by atoms with Crippen molar-refractivity contribution < 1.29 is 13.7 Å². The molecule has 3 heterocycles. The van der Waals surface area contributed by atoms with Crippen molar-refractivity contribution in [3.8, 4) is 0 Å². The van der Waals surface area contributed by atoms with Crippen molar-refractivity contribution in [2.75, 3.05) is 5.32 Å².